The number of thioether (sulfide) groups is 1. The van der Waals surface area contributed by atoms with Gasteiger partial charge in [-0.3, -0.25) is 9.52 Å². The topological polar surface area (TPSA) is 66.5 Å². The van der Waals surface area contributed by atoms with Gasteiger partial charge in [-0.15, -0.1) is 0 Å². The van der Waals surface area contributed by atoms with Crippen molar-refractivity contribution in [1.29, 1.82) is 0 Å². The van der Waals surface area contributed by atoms with E-state index >= 15 is 0 Å². The first kappa shape index (κ1) is 20.7. The number of nitrogens with zero attached hydrogens (tertiary/aromatic N) is 1. The summed E-state index contributed by atoms with van der Waals surface area (Å²) in [6.45, 7) is 0. The maximum atomic E-state index is 12.7. The predicted octanol–water partition coefficient (Wildman–Crippen LogP) is 5.31. The molecule has 0 aliphatic heterocycles. The lowest BCUT2D eigenvalue weighted by atomic mass is 9.84. The van der Waals surface area contributed by atoms with Crippen LogP contribution >= 0.6 is 11.8 Å². The summed E-state index contributed by atoms with van der Waals surface area (Å²) in [4.78, 5) is 14.2. The number of benzene rings is 2. The van der Waals surface area contributed by atoms with Crippen molar-refractivity contribution in [2.45, 2.75) is 47.8 Å². The van der Waals surface area contributed by atoms with Crippen LogP contribution in [0.15, 0.2) is 58.3 Å². The molecule has 5 nitrogen and oxygen atoms in total. The first-order valence-corrected chi connectivity index (χ1v) is 11.8. The minimum Gasteiger partial charge on any atom is -0.339 e. The molecule has 2 aromatic carbocycles. The Balaban J connectivity index is 1.66. The molecule has 2 aromatic rings. The summed E-state index contributed by atoms with van der Waals surface area (Å²) in [5.74, 6) is 0.549. The number of amides is 1. The first-order valence-electron chi connectivity index (χ1n) is 9.47. The Labute approximate surface area is 171 Å². The third-order valence-electron chi connectivity index (χ3n) is 4.94. The van der Waals surface area contributed by atoms with E-state index in [-0.39, 0.29) is 10.1 Å². The summed E-state index contributed by atoms with van der Waals surface area (Å²) < 4.78 is 27.9. The summed E-state index contributed by atoms with van der Waals surface area (Å²) in [5.41, 5.74) is 1.70. The second kappa shape index (κ2) is 9.01. The van der Waals surface area contributed by atoms with Crippen LogP contribution in [0.25, 0.3) is 0 Å². The standard InChI is InChI=1S/C21H26N2O3S2/c1-23(2)21(24)27-19-12-10-18(11-13-19)22-28(25,26)20-14-8-17(9-15-20)16-6-4-3-5-7-16/h8-16,22H,3-7H2,1-2H3. The molecule has 0 spiro atoms. The molecule has 7 heteroatoms. The lowest BCUT2D eigenvalue weighted by Crippen LogP contribution is -2.16. The van der Waals surface area contributed by atoms with Crippen LogP contribution < -0.4 is 4.72 Å². The maximum absolute atomic E-state index is 12.7. The van der Waals surface area contributed by atoms with Gasteiger partial charge in [-0.05, 0) is 72.5 Å². The van der Waals surface area contributed by atoms with Gasteiger partial charge >= 0.3 is 0 Å². The number of sulfonamides is 1. The minimum atomic E-state index is -3.64. The zero-order valence-electron chi connectivity index (χ0n) is 16.2. The lowest BCUT2D eigenvalue weighted by Gasteiger charge is -2.22. The molecule has 0 bridgehead atoms. The Kier molecular flexibility index (Phi) is 6.67. The molecule has 1 aliphatic carbocycles. The van der Waals surface area contributed by atoms with Crippen molar-refractivity contribution in [3.05, 3.63) is 54.1 Å². The monoisotopic (exact) mass is 418 g/mol. The van der Waals surface area contributed by atoms with E-state index in [0.29, 0.717) is 11.6 Å². The molecule has 1 saturated carbocycles. The molecule has 1 amide bonds. The van der Waals surface area contributed by atoms with Crippen LogP contribution in [-0.4, -0.2) is 32.7 Å². The Bertz CT molecular complexity index is 902. The molecule has 0 heterocycles. The van der Waals surface area contributed by atoms with Crippen LogP contribution in [0.4, 0.5) is 10.5 Å². The fourth-order valence-electron chi connectivity index (χ4n) is 3.35. The van der Waals surface area contributed by atoms with Crippen LogP contribution in [0.5, 0.6) is 0 Å². The van der Waals surface area contributed by atoms with Gasteiger partial charge in [0.1, 0.15) is 0 Å². The molecule has 150 valence electrons. The molecule has 28 heavy (non-hydrogen) atoms. The van der Waals surface area contributed by atoms with E-state index in [4.69, 9.17) is 0 Å². The Hall–Kier alpha value is -1.99. The number of hydrogen-bond acceptors (Lipinski definition) is 4. The largest absolute Gasteiger partial charge is 0.339 e. The maximum Gasteiger partial charge on any atom is 0.285 e. The van der Waals surface area contributed by atoms with Crippen LogP contribution in [0.2, 0.25) is 0 Å². The Morgan fingerprint density at radius 1 is 0.964 bits per heavy atom. The summed E-state index contributed by atoms with van der Waals surface area (Å²) >= 11 is 1.10. The summed E-state index contributed by atoms with van der Waals surface area (Å²) in [6, 6.07) is 14.1. The fraction of sp³-hybridized carbons (Fsp3) is 0.381. The van der Waals surface area contributed by atoms with Gasteiger partial charge < -0.3 is 4.90 Å². The van der Waals surface area contributed by atoms with Crippen molar-refractivity contribution >= 4 is 32.7 Å². The zero-order chi connectivity index (χ0) is 20.1. The van der Waals surface area contributed by atoms with Crippen molar-refractivity contribution < 1.29 is 13.2 Å². The summed E-state index contributed by atoms with van der Waals surface area (Å²) in [5, 5.41) is -0.0774. The highest BCUT2D eigenvalue weighted by Crippen LogP contribution is 2.33. The van der Waals surface area contributed by atoms with Crippen LogP contribution in [0, 0.1) is 0 Å². The highest BCUT2D eigenvalue weighted by Gasteiger charge is 2.18. The molecule has 1 aliphatic rings. The molecule has 1 N–H and O–H groups in total. The predicted molar refractivity (Wildman–Crippen MR) is 114 cm³/mol. The number of nitrogens with one attached hydrogen (secondary N) is 1. The molecule has 3 rings (SSSR count). The van der Waals surface area contributed by atoms with Crippen LogP contribution in [-0.2, 0) is 10.0 Å². The molecule has 0 saturated heterocycles. The highest BCUT2D eigenvalue weighted by atomic mass is 32.2. The van der Waals surface area contributed by atoms with E-state index in [1.807, 2.05) is 12.1 Å². The second-order valence-corrected chi connectivity index (χ2v) is 10.0. The number of carbonyl (C=O) groups excluding carboxylic acids is 1. The molecule has 0 atom stereocenters. The molecule has 0 radical (unpaired) electrons. The molecule has 0 unspecified atom stereocenters. The normalized spacial score (nSPS) is 15.2. The summed E-state index contributed by atoms with van der Waals surface area (Å²) in [6.07, 6.45) is 6.17. The summed E-state index contributed by atoms with van der Waals surface area (Å²) in [7, 11) is -0.258. The van der Waals surface area contributed by atoms with E-state index in [0.717, 1.165) is 16.7 Å². The number of hydrogen-bond donors (Lipinski definition) is 1. The number of rotatable bonds is 5. The van der Waals surface area contributed by atoms with Gasteiger partial charge in [-0.1, -0.05) is 31.4 Å². The van der Waals surface area contributed by atoms with Crippen molar-refractivity contribution in [1.82, 2.24) is 4.90 Å². The van der Waals surface area contributed by atoms with E-state index in [9.17, 15) is 13.2 Å². The molecule has 1 fully saturated rings. The van der Waals surface area contributed by atoms with E-state index in [1.54, 1.807) is 50.5 Å². The average molecular weight is 419 g/mol. The minimum absolute atomic E-state index is 0.0774. The molecule has 0 aromatic heterocycles. The highest BCUT2D eigenvalue weighted by molar-refractivity contribution is 8.13. The third kappa shape index (κ3) is 5.29. The first-order chi connectivity index (χ1) is 13.3. The van der Waals surface area contributed by atoms with Crippen LogP contribution in [0.1, 0.15) is 43.6 Å². The fourth-order valence-corrected chi connectivity index (χ4v) is 5.07. The van der Waals surface area contributed by atoms with E-state index in [2.05, 4.69) is 4.72 Å². The van der Waals surface area contributed by atoms with Crippen molar-refractivity contribution in [3.8, 4) is 0 Å². The van der Waals surface area contributed by atoms with Gasteiger partial charge in [-0.25, -0.2) is 8.42 Å². The zero-order valence-corrected chi connectivity index (χ0v) is 17.9. The quantitative estimate of drug-likeness (QED) is 0.668. The number of carbonyl (C=O) groups is 1. The van der Waals surface area contributed by atoms with Gasteiger partial charge in [0.25, 0.3) is 15.3 Å². The van der Waals surface area contributed by atoms with E-state index < -0.39 is 10.0 Å². The van der Waals surface area contributed by atoms with Gasteiger partial charge in [-0.2, -0.15) is 0 Å². The van der Waals surface area contributed by atoms with Gasteiger partial charge in [0.2, 0.25) is 0 Å². The molecular weight excluding hydrogens is 392 g/mol. The SMILES string of the molecule is CN(C)C(=O)Sc1ccc(NS(=O)(=O)c2ccc(C3CCCCC3)cc2)cc1. The Morgan fingerprint density at radius 2 is 1.57 bits per heavy atom. The van der Waals surface area contributed by atoms with Gasteiger partial charge in [0, 0.05) is 24.7 Å². The van der Waals surface area contributed by atoms with E-state index in [1.165, 1.54) is 42.6 Å². The van der Waals surface area contributed by atoms with Gasteiger partial charge in [0.05, 0.1) is 4.90 Å². The van der Waals surface area contributed by atoms with Crippen molar-refractivity contribution in [3.63, 3.8) is 0 Å². The third-order valence-corrected chi connectivity index (χ3v) is 7.39. The lowest BCUT2D eigenvalue weighted by molar-refractivity contribution is 0.241. The number of anilines is 1. The van der Waals surface area contributed by atoms with Crippen molar-refractivity contribution in [2.24, 2.45) is 0 Å². The second-order valence-electron chi connectivity index (χ2n) is 7.30. The Morgan fingerprint density at radius 3 is 2.14 bits per heavy atom. The average Bonchev–Trinajstić information content (AvgIpc) is 2.70. The smallest absolute Gasteiger partial charge is 0.285 e. The molecular formula is C21H26N2O3S2. The van der Waals surface area contributed by atoms with Crippen LogP contribution in [0.3, 0.4) is 0 Å². The van der Waals surface area contributed by atoms with Crippen molar-refractivity contribution in [2.75, 3.05) is 18.8 Å². The van der Waals surface area contributed by atoms with Gasteiger partial charge in [0.15, 0.2) is 0 Å².